The Morgan fingerprint density at radius 3 is 2.50 bits per heavy atom. The lowest BCUT2D eigenvalue weighted by atomic mass is 10.1. The van der Waals surface area contributed by atoms with E-state index in [1.165, 1.54) is 30.5 Å². The van der Waals surface area contributed by atoms with Crippen molar-refractivity contribution in [2.75, 3.05) is 0 Å². The van der Waals surface area contributed by atoms with E-state index in [9.17, 15) is 9.59 Å². The fourth-order valence-corrected chi connectivity index (χ4v) is 2.89. The third kappa shape index (κ3) is 3.29. The van der Waals surface area contributed by atoms with Crippen LogP contribution in [-0.2, 0) is 6.42 Å². The highest BCUT2D eigenvalue weighted by atomic mass is 35.5. The Kier molecular flexibility index (Phi) is 4.86. The Morgan fingerprint density at radius 2 is 1.79 bits per heavy atom. The lowest BCUT2D eigenvalue weighted by Gasteiger charge is -2.07. The van der Waals surface area contributed by atoms with E-state index in [1.54, 1.807) is 18.2 Å². The van der Waals surface area contributed by atoms with Gasteiger partial charge in [-0.25, -0.2) is 9.36 Å². The van der Waals surface area contributed by atoms with E-state index in [1.807, 2.05) is 12.1 Å². The average Bonchev–Trinajstić information content (AvgIpc) is 2.57. The molecule has 0 saturated carbocycles. The van der Waals surface area contributed by atoms with Crippen molar-refractivity contribution < 1.29 is 4.42 Å². The molecule has 0 bridgehead atoms. The van der Waals surface area contributed by atoms with Crippen LogP contribution in [0.2, 0.25) is 5.02 Å². The van der Waals surface area contributed by atoms with Gasteiger partial charge in [-0.05, 0) is 48.7 Å². The smallest absolute Gasteiger partial charge is 0.409 e. The number of aryl methyl sites for hydroxylation is 1. The Morgan fingerprint density at radius 1 is 1.04 bits per heavy atom. The van der Waals surface area contributed by atoms with Gasteiger partial charge in [0, 0.05) is 5.02 Å². The van der Waals surface area contributed by atoms with Crippen molar-refractivity contribution in [2.45, 2.75) is 32.6 Å². The lowest BCUT2D eigenvalue weighted by molar-refractivity contribution is 0.504. The minimum Gasteiger partial charge on any atom is -0.409 e. The summed E-state index contributed by atoms with van der Waals surface area (Å²) in [6.07, 6.45) is 4.49. The molecule has 0 aliphatic carbocycles. The molecule has 0 atom stereocenters. The van der Waals surface area contributed by atoms with Crippen LogP contribution in [0.25, 0.3) is 16.7 Å². The normalized spacial score (nSPS) is 11.1. The molecule has 124 valence electrons. The van der Waals surface area contributed by atoms with Gasteiger partial charge < -0.3 is 4.42 Å². The number of nitrogens with zero attached hydrogens (tertiary/aromatic N) is 1. The van der Waals surface area contributed by atoms with Gasteiger partial charge in [0.25, 0.3) is 5.56 Å². The monoisotopic (exact) mass is 343 g/mol. The van der Waals surface area contributed by atoms with Crippen LogP contribution < -0.4 is 11.3 Å². The molecule has 1 aromatic heterocycles. The van der Waals surface area contributed by atoms with Gasteiger partial charge in [0.1, 0.15) is 5.58 Å². The summed E-state index contributed by atoms with van der Waals surface area (Å²) in [5, 5.41) is 0.709. The van der Waals surface area contributed by atoms with Crippen LogP contribution in [0.1, 0.15) is 31.7 Å². The van der Waals surface area contributed by atoms with Crippen LogP contribution in [0.4, 0.5) is 0 Å². The maximum atomic E-state index is 12.6. The molecule has 0 saturated heterocycles. The molecule has 0 aliphatic heterocycles. The summed E-state index contributed by atoms with van der Waals surface area (Å²) in [6, 6.07) is 12.1. The van der Waals surface area contributed by atoms with Gasteiger partial charge >= 0.3 is 5.76 Å². The number of aromatic nitrogens is 1. The fourth-order valence-electron chi connectivity index (χ4n) is 2.71. The van der Waals surface area contributed by atoms with E-state index in [0.717, 1.165) is 17.4 Å². The number of benzene rings is 2. The molecule has 24 heavy (non-hydrogen) atoms. The fraction of sp³-hybridized carbons (Fsp3) is 0.263. The van der Waals surface area contributed by atoms with Gasteiger partial charge in [-0.1, -0.05) is 43.5 Å². The van der Waals surface area contributed by atoms with E-state index in [0.29, 0.717) is 10.7 Å². The molecular weight excluding hydrogens is 326 g/mol. The first-order chi connectivity index (χ1) is 11.6. The Hall–Kier alpha value is -2.33. The topological polar surface area (TPSA) is 52.2 Å². The number of halogens is 1. The minimum absolute atomic E-state index is 0.238. The van der Waals surface area contributed by atoms with Crippen molar-refractivity contribution in [2.24, 2.45) is 0 Å². The van der Waals surface area contributed by atoms with Crippen molar-refractivity contribution in [1.29, 1.82) is 0 Å². The maximum absolute atomic E-state index is 12.6. The summed E-state index contributed by atoms with van der Waals surface area (Å²) in [4.78, 5) is 24.8. The van der Waals surface area contributed by atoms with Crippen LogP contribution in [0.5, 0.6) is 0 Å². The summed E-state index contributed by atoms with van der Waals surface area (Å²) in [7, 11) is 0. The van der Waals surface area contributed by atoms with E-state index in [-0.39, 0.29) is 11.0 Å². The average molecular weight is 344 g/mol. The summed E-state index contributed by atoms with van der Waals surface area (Å²) in [5.74, 6) is -0.700. The van der Waals surface area contributed by atoms with Gasteiger partial charge in [-0.15, -0.1) is 0 Å². The van der Waals surface area contributed by atoms with E-state index >= 15 is 0 Å². The zero-order valence-corrected chi connectivity index (χ0v) is 14.2. The zero-order valence-electron chi connectivity index (χ0n) is 13.4. The second-order valence-corrected chi connectivity index (χ2v) is 6.21. The SMILES string of the molecule is CCCCCc1ccc(-n2c(=O)oc3ccc(Cl)cc3c2=O)cc1. The first kappa shape index (κ1) is 16.5. The lowest BCUT2D eigenvalue weighted by Crippen LogP contribution is -2.30. The predicted octanol–water partition coefficient (Wildman–Crippen LogP) is 4.33. The quantitative estimate of drug-likeness (QED) is 0.648. The highest BCUT2D eigenvalue weighted by Gasteiger charge is 2.12. The highest BCUT2D eigenvalue weighted by molar-refractivity contribution is 6.31. The number of hydrogen-bond donors (Lipinski definition) is 0. The molecule has 0 radical (unpaired) electrons. The second kappa shape index (κ2) is 7.05. The van der Waals surface area contributed by atoms with Crippen LogP contribution in [0.15, 0.2) is 56.5 Å². The molecule has 1 heterocycles. The van der Waals surface area contributed by atoms with Gasteiger partial charge in [0.15, 0.2) is 0 Å². The van der Waals surface area contributed by atoms with Crippen molar-refractivity contribution in [3.05, 3.63) is 74.0 Å². The number of fused-ring (bicyclic) bond motifs is 1. The maximum Gasteiger partial charge on any atom is 0.426 e. The Bertz CT molecular complexity index is 971. The summed E-state index contributed by atoms with van der Waals surface area (Å²) < 4.78 is 6.28. The molecule has 3 aromatic rings. The number of rotatable bonds is 5. The molecule has 5 heteroatoms. The summed E-state index contributed by atoms with van der Waals surface area (Å²) >= 11 is 5.94. The number of unbranched alkanes of at least 4 members (excludes halogenated alkanes) is 2. The first-order valence-corrected chi connectivity index (χ1v) is 8.42. The molecule has 0 unspecified atom stereocenters. The van der Waals surface area contributed by atoms with Gasteiger partial charge in [-0.2, -0.15) is 0 Å². The molecule has 0 spiro atoms. The van der Waals surface area contributed by atoms with Crippen molar-refractivity contribution in [3.8, 4) is 5.69 Å². The van der Waals surface area contributed by atoms with Gasteiger partial charge in [0.2, 0.25) is 0 Å². The third-order valence-electron chi connectivity index (χ3n) is 4.02. The van der Waals surface area contributed by atoms with Gasteiger partial charge in [-0.3, -0.25) is 4.79 Å². The van der Waals surface area contributed by atoms with Crippen LogP contribution in [0.3, 0.4) is 0 Å². The zero-order chi connectivity index (χ0) is 17.1. The van der Waals surface area contributed by atoms with Crippen LogP contribution in [-0.4, -0.2) is 4.57 Å². The summed E-state index contributed by atoms with van der Waals surface area (Å²) in [5.41, 5.74) is 1.49. The Labute approximate surface area is 144 Å². The molecule has 4 nitrogen and oxygen atoms in total. The molecule has 0 amide bonds. The van der Waals surface area contributed by atoms with Gasteiger partial charge in [0.05, 0.1) is 11.1 Å². The second-order valence-electron chi connectivity index (χ2n) is 5.77. The van der Waals surface area contributed by atoms with E-state index in [2.05, 4.69) is 6.92 Å². The van der Waals surface area contributed by atoms with E-state index < -0.39 is 11.3 Å². The standard InChI is InChI=1S/C19H18ClNO3/c1-2-3-4-5-13-6-9-15(10-7-13)21-18(22)16-12-14(20)8-11-17(16)24-19(21)23/h6-12H,2-5H2,1H3. The predicted molar refractivity (Wildman–Crippen MR) is 96.3 cm³/mol. The first-order valence-electron chi connectivity index (χ1n) is 8.05. The summed E-state index contributed by atoms with van der Waals surface area (Å²) in [6.45, 7) is 2.17. The van der Waals surface area contributed by atoms with Crippen LogP contribution in [0, 0.1) is 0 Å². The van der Waals surface area contributed by atoms with Crippen molar-refractivity contribution in [3.63, 3.8) is 0 Å². The third-order valence-corrected chi connectivity index (χ3v) is 4.25. The molecular formula is C19H18ClNO3. The largest absolute Gasteiger partial charge is 0.426 e. The molecule has 0 N–H and O–H groups in total. The molecule has 0 fully saturated rings. The molecule has 0 aliphatic rings. The van der Waals surface area contributed by atoms with E-state index in [4.69, 9.17) is 16.0 Å². The molecule has 2 aromatic carbocycles. The Balaban J connectivity index is 2.03. The number of hydrogen-bond acceptors (Lipinski definition) is 3. The molecule has 3 rings (SSSR count). The van der Waals surface area contributed by atoms with Crippen molar-refractivity contribution in [1.82, 2.24) is 4.57 Å². The minimum atomic E-state index is -0.700. The van der Waals surface area contributed by atoms with Crippen molar-refractivity contribution >= 4 is 22.6 Å². The van der Waals surface area contributed by atoms with Crippen LogP contribution >= 0.6 is 11.6 Å². The highest BCUT2D eigenvalue weighted by Crippen LogP contribution is 2.16.